The zero-order valence-corrected chi connectivity index (χ0v) is 10.8. The van der Waals surface area contributed by atoms with Gasteiger partial charge in [-0.25, -0.2) is 4.98 Å². The van der Waals surface area contributed by atoms with Crippen LogP contribution in [0.2, 0.25) is 0 Å². The van der Waals surface area contributed by atoms with Crippen LogP contribution >= 0.6 is 27.3 Å². The lowest BCUT2D eigenvalue weighted by atomic mass is 10.1. The van der Waals surface area contributed by atoms with E-state index in [4.69, 9.17) is 0 Å². The molecule has 78 valence electrons. The molecule has 2 nitrogen and oxygen atoms in total. The van der Waals surface area contributed by atoms with Crippen LogP contribution in [0.3, 0.4) is 0 Å². The number of alkyl halides is 1. The lowest BCUT2D eigenvalue weighted by Crippen LogP contribution is -2.33. The summed E-state index contributed by atoms with van der Waals surface area (Å²) in [5.74, 6) is 0. The number of aryl methyl sites for hydroxylation is 1. The average molecular weight is 275 g/mol. The van der Waals surface area contributed by atoms with Gasteiger partial charge in [0, 0.05) is 16.8 Å². The van der Waals surface area contributed by atoms with Gasteiger partial charge in [0.1, 0.15) is 0 Å². The lowest BCUT2D eigenvalue weighted by Gasteiger charge is -2.28. The van der Waals surface area contributed by atoms with E-state index in [-0.39, 0.29) is 0 Å². The SMILES string of the molecule is Cc1nc(CN2CCC(Br)CC2)cs1. The molecule has 0 spiro atoms. The van der Waals surface area contributed by atoms with Crippen LogP contribution in [0, 0.1) is 6.92 Å². The standard InChI is InChI=1S/C10H15BrN2S/c1-8-12-10(7-14-8)6-13-4-2-9(11)3-5-13/h7,9H,2-6H2,1H3. The van der Waals surface area contributed by atoms with E-state index in [1.165, 1.54) is 36.6 Å². The zero-order valence-electron chi connectivity index (χ0n) is 8.37. The fourth-order valence-electron chi connectivity index (χ4n) is 1.77. The maximum Gasteiger partial charge on any atom is 0.0897 e. The largest absolute Gasteiger partial charge is 0.297 e. The predicted molar refractivity (Wildman–Crippen MR) is 64.1 cm³/mol. The minimum absolute atomic E-state index is 0.732. The number of nitrogens with zero attached hydrogens (tertiary/aromatic N) is 2. The first-order valence-electron chi connectivity index (χ1n) is 5.01. The van der Waals surface area contributed by atoms with Gasteiger partial charge in [0.25, 0.3) is 0 Å². The number of likely N-dealkylation sites (tertiary alicyclic amines) is 1. The van der Waals surface area contributed by atoms with Gasteiger partial charge in [-0.15, -0.1) is 11.3 Å². The highest BCUT2D eigenvalue weighted by Crippen LogP contribution is 2.19. The number of piperidine rings is 1. The summed E-state index contributed by atoms with van der Waals surface area (Å²) in [4.78, 5) is 7.71. The highest BCUT2D eigenvalue weighted by atomic mass is 79.9. The summed E-state index contributed by atoms with van der Waals surface area (Å²) in [6, 6.07) is 0. The monoisotopic (exact) mass is 274 g/mol. The van der Waals surface area contributed by atoms with Crippen LogP contribution in [0.25, 0.3) is 0 Å². The highest BCUT2D eigenvalue weighted by Gasteiger charge is 2.17. The molecule has 0 unspecified atom stereocenters. The first-order chi connectivity index (χ1) is 6.74. The van der Waals surface area contributed by atoms with Gasteiger partial charge >= 0.3 is 0 Å². The molecule has 1 aliphatic rings. The summed E-state index contributed by atoms with van der Waals surface area (Å²) in [7, 11) is 0. The zero-order chi connectivity index (χ0) is 9.97. The number of aromatic nitrogens is 1. The number of hydrogen-bond donors (Lipinski definition) is 0. The predicted octanol–water partition coefficient (Wildman–Crippen LogP) is 2.81. The molecule has 1 aromatic heterocycles. The van der Waals surface area contributed by atoms with Crippen molar-refractivity contribution in [3.05, 3.63) is 16.1 Å². The Bertz CT molecular complexity index is 292. The van der Waals surface area contributed by atoms with Gasteiger partial charge in [-0.05, 0) is 32.9 Å². The minimum Gasteiger partial charge on any atom is -0.297 e. The molecule has 14 heavy (non-hydrogen) atoms. The molecule has 0 radical (unpaired) electrons. The van der Waals surface area contributed by atoms with Crippen LogP contribution in [-0.2, 0) is 6.54 Å². The van der Waals surface area contributed by atoms with Crippen LogP contribution in [0.5, 0.6) is 0 Å². The summed E-state index contributed by atoms with van der Waals surface area (Å²) in [6.45, 7) is 5.50. The summed E-state index contributed by atoms with van der Waals surface area (Å²) in [5, 5.41) is 3.35. The molecule has 1 aromatic rings. The second-order valence-corrected chi connectivity index (χ2v) is 6.17. The molecule has 4 heteroatoms. The van der Waals surface area contributed by atoms with Crippen molar-refractivity contribution in [2.24, 2.45) is 0 Å². The van der Waals surface area contributed by atoms with E-state index in [9.17, 15) is 0 Å². The maximum atomic E-state index is 4.49. The third-order valence-electron chi connectivity index (χ3n) is 2.57. The van der Waals surface area contributed by atoms with Gasteiger partial charge in [0.05, 0.1) is 10.7 Å². The minimum atomic E-state index is 0.732. The molecule has 2 heterocycles. The van der Waals surface area contributed by atoms with Crippen LogP contribution in [0.1, 0.15) is 23.5 Å². The van der Waals surface area contributed by atoms with Crippen LogP contribution < -0.4 is 0 Å². The van der Waals surface area contributed by atoms with Gasteiger partial charge < -0.3 is 0 Å². The highest BCUT2D eigenvalue weighted by molar-refractivity contribution is 9.09. The van der Waals surface area contributed by atoms with E-state index < -0.39 is 0 Å². The quantitative estimate of drug-likeness (QED) is 0.772. The smallest absolute Gasteiger partial charge is 0.0897 e. The first-order valence-corrected chi connectivity index (χ1v) is 6.81. The van der Waals surface area contributed by atoms with Gasteiger partial charge in [-0.2, -0.15) is 0 Å². The number of hydrogen-bond acceptors (Lipinski definition) is 3. The molecule has 2 rings (SSSR count). The van der Waals surface area contributed by atoms with Crippen molar-refractivity contribution < 1.29 is 0 Å². The normalized spacial score (nSPS) is 20.1. The Morgan fingerprint density at radius 1 is 1.57 bits per heavy atom. The van der Waals surface area contributed by atoms with E-state index in [0.29, 0.717) is 0 Å². The topological polar surface area (TPSA) is 16.1 Å². The fourth-order valence-corrected chi connectivity index (χ4v) is 2.78. The van der Waals surface area contributed by atoms with Crippen molar-refractivity contribution in [3.63, 3.8) is 0 Å². The molecule has 0 aromatic carbocycles. The molecule has 1 saturated heterocycles. The Labute approximate surface area is 97.5 Å². The molecular weight excluding hydrogens is 260 g/mol. The Kier molecular flexibility index (Phi) is 3.57. The summed E-state index contributed by atoms with van der Waals surface area (Å²) < 4.78 is 0. The van der Waals surface area contributed by atoms with Crippen molar-refractivity contribution in [3.8, 4) is 0 Å². The van der Waals surface area contributed by atoms with Crippen molar-refractivity contribution in [2.75, 3.05) is 13.1 Å². The molecule has 0 atom stereocenters. The molecule has 0 saturated carbocycles. The van der Waals surface area contributed by atoms with Gasteiger partial charge in [-0.3, -0.25) is 4.90 Å². The molecule has 1 aliphatic heterocycles. The van der Waals surface area contributed by atoms with Crippen LogP contribution in [0.15, 0.2) is 5.38 Å². The first kappa shape index (κ1) is 10.6. The van der Waals surface area contributed by atoms with E-state index in [1.54, 1.807) is 11.3 Å². The third-order valence-corrected chi connectivity index (χ3v) is 4.31. The van der Waals surface area contributed by atoms with E-state index in [0.717, 1.165) is 11.4 Å². The second-order valence-electron chi connectivity index (χ2n) is 3.81. The molecule has 1 fully saturated rings. The average Bonchev–Trinajstić information content (AvgIpc) is 2.56. The van der Waals surface area contributed by atoms with Crippen molar-refractivity contribution in [2.45, 2.75) is 31.1 Å². The summed E-state index contributed by atoms with van der Waals surface area (Å²) in [5.41, 5.74) is 1.24. The number of halogens is 1. The van der Waals surface area contributed by atoms with Gasteiger partial charge in [0.15, 0.2) is 0 Å². The van der Waals surface area contributed by atoms with E-state index in [1.807, 2.05) is 0 Å². The van der Waals surface area contributed by atoms with Gasteiger partial charge in [-0.1, -0.05) is 15.9 Å². The fraction of sp³-hybridized carbons (Fsp3) is 0.700. The van der Waals surface area contributed by atoms with Crippen LogP contribution in [0.4, 0.5) is 0 Å². The molecular formula is C10H15BrN2S. The van der Waals surface area contributed by atoms with Crippen molar-refractivity contribution in [1.82, 2.24) is 9.88 Å². The summed E-state index contributed by atoms with van der Waals surface area (Å²) >= 11 is 5.41. The van der Waals surface area contributed by atoms with Crippen LogP contribution in [-0.4, -0.2) is 27.8 Å². The third kappa shape index (κ3) is 2.78. The Hall–Kier alpha value is 0.0700. The number of thiazole rings is 1. The second kappa shape index (κ2) is 4.73. The van der Waals surface area contributed by atoms with E-state index >= 15 is 0 Å². The van der Waals surface area contributed by atoms with Gasteiger partial charge in [0.2, 0.25) is 0 Å². The van der Waals surface area contributed by atoms with E-state index in [2.05, 4.69) is 38.1 Å². The Morgan fingerprint density at radius 2 is 2.29 bits per heavy atom. The Balaban J connectivity index is 1.86. The molecule has 0 N–H and O–H groups in total. The molecule has 0 aliphatic carbocycles. The Morgan fingerprint density at radius 3 is 2.86 bits per heavy atom. The van der Waals surface area contributed by atoms with Crippen molar-refractivity contribution in [1.29, 1.82) is 0 Å². The molecule has 0 amide bonds. The van der Waals surface area contributed by atoms with Crippen molar-refractivity contribution >= 4 is 27.3 Å². The maximum absolute atomic E-state index is 4.49. The lowest BCUT2D eigenvalue weighted by molar-refractivity contribution is 0.224. The molecule has 0 bridgehead atoms. The number of rotatable bonds is 2. The summed E-state index contributed by atoms with van der Waals surface area (Å²) in [6.07, 6.45) is 2.53.